The Bertz CT molecular complexity index is 1180. The molecule has 0 saturated carbocycles. The second-order valence-electron chi connectivity index (χ2n) is 7.66. The molecule has 7 heteroatoms. The molecule has 0 fully saturated rings. The molecule has 0 bridgehead atoms. The van der Waals surface area contributed by atoms with Gasteiger partial charge in [-0.1, -0.05) is 90.5 Å². The summed E-state index contributed by atoms with van der Waals surface area (Å²) in [6.07, 6.45) is 0. The van der Waals surface area contributed by atoms with Gasteiger partial charge in [-0.2, -0.15) is 0 Å². The monoisotopic (exact) mass is 462 g/mol. The summed E-state index contributed by atoms with van der Waals surface area (Å²) < 4.78 is 30.1. The van der Waals surface area contributed by atoms with Crippen molar-refractivity contribution in [2.24, 2.45) is 0 Å². The molecule has 4 aromatic rings. The first-order valence-electron chi connectivity index (χ1n) is 10.7. The van der Waals surface area contributed by atoms with Crippen LogP contribution in [0.5, 0.6) is 0 Å². The Balaban J connectivity index is 1.78. The third kappa shape index (κ3) is 5.09. The van der Waals surface area contributed by atoms with Crippen LogP contribution in [0.2, 0.25) is 0 Å². The Kier molecular flexibility index (Phi) is 7.09. The first-order valence-corrected chi connectivity index (χ1v) is 12.2. The summed E-state index contributed by atoms with van der Waals surface area (Å²) in [5.41, 5.74) is 4.37. The summed E-state index contributed by atoms with van der Waals surface area (Å²) in [7, 11) is -0.987. The fraction of sp³-hybridized carbons (Fsp3) is 0.192. The smallest absolute Gasteiger partial charge is 0.384 e. The molecule has 0 aliphatic rings. The number of benzene rings is 3. The number of nitrogens with zero attached hydrogens (tertiary/aromatic N) is 1. The molecule has 0 aliphatic heterocycles. The average molecular weight is 462 g/mol. The van der Waals surface area contributed by atoms with Crippen molar-refractivity contribution in [2.75, 3.05) is 19.5 Å². The molecule has 170 valence electrons. The Hall–Kier alpha value is -3.18. The van der Waals surface area contributed by atoms with Gasteiger partial charge in [-0.25, -0.2) is 4.98 Å². The van der Waals surface area contributed by atoms with Crippen molar-refractivity contribution in [2.45, 2.75) is 19.4 Å². The normalized spacial score (nSPS) is 11.6. The van der Waals surface area contributed by atoms with Crippen molar-refractivity contribution in [3.05, 3.63) is 113 Å². The van der Waals surface area contributed by atoms with E-state index < -0.39 is 7.60 Å². The van der Waals surface area contributed by atoms with Crippen LogP contribution in [0.25, 0.3) is 0 Å². The predicted molar refractivity (Wildman–Crippen MR) is 130 cm³/mol. The van der Waals surface area contributed by atoms with Crippen LogP contribution in [0.15, 0.2) is 89.3 Å². The summed E-state index contributed by atoms with van der Waals surface area (Å²) in [6.45, 7) is 2.51. The lowest BCUT2D eigenvalue weighted by atomic mass is 9.91. The Morgan fingerprint density at radius 1 is 0.879 bits per heavy atom. The molecule has 1 aromatic heterocycles. The van der Waals surface area contributed by atoms with Crippen molar-refractivity contribution in [1.29, 1.82) is 0 Å². The molecule has 0 amide bonds. The van der Waals surface area contributed by atoms with E-state index in [1.165, 1.54) is 19.8 Å². The van der Waals surface area contributed by atoms with Gasteiger partial charge in [0.25, 0.3) is 0 Å². The van der Waals surface area contributed by atoms with Crippen molar-refractivity contribution in [1.82, 2.24) is 4.98 Å². The number of anilines is 1. The van der Waals surface area contributed by atoms with Gasteiger partial charge >= 0.3 is 7.60 Å². The van der Waals surface area contributed by atoms with E-state index in [0.717, 1.165) is 16.7 Å². The van der Waals surface area contributed by atoms with Crippen LogP contribution in [0.3, 0.4) is 0 Å². The standard InChI is InChI=1S/C26H27N2O4P/c1-19-14-16-20(17-15-19)18-27-25-26(33(29,30-2)31-3)28-24(32-25)23(21-10-6-4-7-11-21)22-12-8-5-9-13-22/h4-17,23,27H,18H2,1-3H3. The second kappa shape index (κ2) is 10.2. The van der Waals surface area contributed by atoms with Crippen molar-refractivity contribution >= 4 is 18.9 Å². The van der Waals surface area contributed by atoms with Gasteiger partial charge in [0.2, 0.25) is 17.2 Å². The van der Waals surface area contributed by atoms with E-state index in [1.54, 1.807) is 0 Å². The van der Waals surface area contributed by atoms with Gasteiger partial charge in [0.15, 0.2) is 0 Å². The fourth-order valence-electron chi connectivity index (χ4n) is 3.66. The van der Waals surface area contributed by atoms with Crippen molar-refractivity contribution in [3.63, 3.8) is 0 Å². The number of nitrogens with one attached hydrogen (secondary N) is 1. The van der Waals surface area contributed by atoms with Crippen LogP contribution in [-0.4, -0.2) is 19.2 Å². The molecule has 1 N–H and O–H groups in total. The maximum absolute atomic E-state index is 13.3. The lowest BCUT2D eigenvalue weighted by Crippen LogP contribution is -2.15. The van der Waals surface area contributed by atoms with E-state index >= 15 is 0 Å². The molecule has 3 aromatic carbocycles. The summed E-state index contributed by atoms with van der Waals surface area (Å²) in [6, 6.07) is 28.0. The molecule has 1 heterocycles. The van der Waals surface area contributed by atoms with Gasteiger partial charge in [-0.15, -0.1) is 0 Å². The molecule has 0 aliphatic carbocycles. The third-order valence-corrected chi connectivity index (χ3v) is 7.24. The van der Waals surface area contributed by atoms with E-state index in [4.69, 9.17) is 13.5 Å². The summed E-state index contributed by atoms with van der Waals surface area (Å²) in [5, 5.41) is 3.24. The number of aromatic nitrogens is 1. The molecular weight excluding hydrogens is 435 g/mol. The molecule has 33 heavy (non-hydrogen) atoms. The van der Waals surface area contributed by atoms with Gasteiger partial charge in [-0.05, 0) is 23.6 Å². The fourth-order valence-corrected chi connectivity index (χ4v) is 4.75. The number of rotatable bonds is 9. The highest BCUT2D eigenvalue weighted by Gasteiger charge is 2.36. The van der Waals surface area contributed by atoms with Gasteiger partial charge in [0.1, 0.15) is 0 Å². The minimum atomic E-state index is -3.67. The lowest BCUT2D eigenvalue weighted by molar-refractivity contribution is 0.286. The van der Waals surface area contributed by atoms with Crippen LogP contribution >= 0.6 is 7.60 Å². The first kappa shape index (κ1) is 23.0. The molecule has 0 spiro atoms. The average Bonchev–Trinajstić information content (AvgIpc) is 3.29. The van der Waals surface area contributed by atoms with Crippen molar-refractivity contribution < 1.29 is 18.0 Å². The molecular formula is C26H27N2O4P. The summed E-state index contributed by atoms with van der Waals surface area (Å²) >= 11 is 0. The minimum absolute atomic E-state index is 0.131. The number of hydrogen-bond donors (Lipinski definition) is 1. The molecule has 0 radical (unpaired) electrons. The lowest BCUT2D eigenvalue weighted by Gasteiger charge is -2.14. The van der Waals surface area contributed by atoms with E-state index in [9.17, 15) is 4.57 Å². The molecule has 0 saturated heterocycles. The Morgan fingerprint density at radius 3 is 1.94 bits per heavy atom. The largest absolute Gasteiger partial charge is 0.423 e. The van der Waals surface area contributed by atoms with Gasteiger partial charge in [-0.3, -0.25) is 4.57 Å². The quantitative estimate of drug-likeness (QED) is 0.313. The van der Waals surface area contributed by atoms with Crippen LogP contribution in [-0.2, 0) is 20.2 Å². The maximum atomic E-state index is 13.3. The minimum Gasteiger partial charge on any atom is -0.423 e. The Labute approximate surface area is 194 Å². The van der Waals surface area contributed by atoms with E-state index in [2.05, 4.69) is 10.3 Å². The zero-order chi connectivity index (χ0) is 23.3. The second-order valence-corrected chi connectivity index (χ2v) is 9.81. The molecule has 6 nitrogen and oxygen atoms in total. The highest BCUT2D eigenvalue weighted by Crippen LogP contribution is 2.48. The Morgan fingerprint density at radius 2 is 1.42 bits per heavy atom. The zero-order valence-corrected chi connectivity index (χ0v) is 19.8. The summed E-state index contributed by atoms with van der Waals surface area (Å²) in [5.74, 6) is 0.390. The van der Waals surface area contributed by atoms with E-state index in [1.807, 2.05) is 91.9 Å². The highest BCUT2D eigenvalue weighted by molar-refractivity contribution is 7.62. The van der Waals surface area contributed by atoms with E-state index in [0.29, 0.717) is 12.4 Å². The SMILES string of the molecule is COP(=O)(OC)c1nc(C(c2ccccc2)c2ccccc2)oc1NCc1ccc(C)cc1. The molecule has 4 rings (SSSR count). The van der Waals surface area contributed by atoms with Gasteiger partial charge in [0, 0.05) is 20.8 Å². The van der Waals surface area contributed by atoms with E-state index in [-0.39, 0.29) is 17.2 Å². The van der Waals surface area contributed by atoms with Gasteiger partial charge in [0.05, 0.1) is 5.92 Å². The van der Waals surface area contributed by atoms with Gasteiger partial charge < -0.3 is 18.8 Å². The summed E-state index contributed by atoms with van der Waals surface area (Å²) in [4.78, 5) is 4.66. The highest BCUT2D eigenvalue weighted by atomic mass is 31.2. The number of hydrogen-bond acceptors (Lipinski definition) is 6. The molecule has 0 unspecified atom stereocenters. The zero-order valence-electron chi connectivity index (χ0n) is 18.9. The van der Waals surface area contributed by atoms with Crippen LogP contribution in [0, 0.1) is 6.92 Å². The van der Waals surface area contributed by atoms with Crippen LogP contribution in [0.4, 0.5) is 5.88 Å². The van der Waals surface area contributed by atoms with Crippen LogP contribution < -0.4 is 10.8 Å². The topological polar surface area (TPSA) is 73.6 Å². The number of oxazole rings is 1. The third-order valence-electron chi connectivity index (χ3n) is 5.45. The van der Waals surface area contributed by atoms with Crippen molar-refractivity contribution in [3.8, 4) is 0 Å². The molecule has 0 atom stereocenters. The van der Waals surface area contributed by atoms with Crippen LogP contribution in [0.1, 0.15) is 34.1 Å². The maximum Gasteiger partial charge on any atom is 0.384 e. The number of aryl methyl sites for hydroxylation is 1. The predicted octanol–water partition coefficient (Wildman–Crippen LogP) is 5.89. The first-order chi connectivity index (χ1) is 16.0.